The summed E-state index contributed by atoms with van der Waals surface area (Å²) in [5, 5.41) is 0. The molecule has 0 saturated heterocycles. The molecule has 1 aromatic heterocycles. The summed E-state index contributed by atoms with van der Waals surface area (Å²) in [6.45, 7) is 2.21. The summed E-state index contributed by atoms with van der Waals surface area (Å²) in [6, 6.07) is 18.8. The number of rotatable bonds is 6. The lowest BCUT2D eigenvalue weighted by Crippen LogP contribution is -2.08. The average molecular weight is 363 g/mol. The van der Waals surface area contributed by atoms with Gasteiger partial charge in [0.25, 0.3) is 0 Å². The lowest BCUT2D eigenvalue weighted by molar-refractivity contribution is 0.0468. The Morgan fingerprint density at radius 2 is 1.59 bits per heavy atom. The van der Waals surface area contributed by atoms with E-state index in [4.69, 9.17) is 14.2 Å². The first-order valence-electron chi connectivity index (χ1n) is 8.53. The molecule has 5 nitrogen and oxygen atoms in total. The number of aryl methyl sites for hydroxylation is 1. The molecular weight excluding hydrogens is 342 g/mol. The van der Waals surface area contributed by atoms with Crippen molar-refractivity contribution in [2.75, 3.05) is 14.2 Å². The highest BCUT2D eigenvalue weighted by Gasteiger charge is 2.16. The van der Waals surface area contributed by atoms with Crippen molar-refractivity contribution in [3.8, 4) is 22.9 Å². The Morgan fingerprint density at radius 1 is 0.889 bits per heavy atom. The van der Waals surface area contributed by atoms with Crippen molar-refractivity contribution in [2.24, 2.45) is 0 Å². The van der Waals surface area contributed by atoms with Gasteiger partial charge in [0.15, 0.2) is 0 Å². The number of methoxy groups -OCH3 is 2. The largest absolute Gasteiger partial charge is 0.497 e. The third kappa shape index (κ3) is 4.44. The first kappa shape index (κ1) is 18.5. The van der Waals surface area contributed by atoms with E-state index in [1.807, 2.05) is 55.5 Å². The van der Waals surface area contributed by atoms with Crippen LogP contribution in [0.25, 0.3) is 11.3 Å². The van der Waals surface area contributed by atoms with Crippen LogP contribution in [0.3, 0.4) is 0 Å². The van der Waals surface area contributed by atoms with E-state index in [1.165, 1.54) is 7.11 Å². The maximum atomic E-state index is 12.4. The van der Waals surface area contributed by atoms with Gasteiger partial charge in [0, 0.05) is 5.56 Å². The van der Waals surface area contributed by atoms with Crippen molar-refractivity contribution in [3.05, 3.63) is 77.4 Å². The van der Waals surface area contributed by atoms with Crippen LogP contribution in [0.2, 0.25) is 0 Å². The standard InChI is InChI=1S/C22H21NO4/c1-15-4-6-16(7-5-15)14-27-22(24)19-12-13-20(23-21(19)26-3)17-8-10-18(25-2)11-9-17/h4-13H,14H2,1-3H3. The Labute approximate surface area is 158 Å². The fourth-order valence-electron chi connectivity index (χ4n) is 2.58. The Hall–Kier alpha value is -3.34. The van der Waals surface area contributed by atoms with Crippen molar-refractivity contribution < 1.29 is 19.0 Å². The number of pyridine rings is 1. The van der Waals surface area contributed by atoms with E-state index in [2.05, 4.69) is 4.98 Å². The number of esters is 1. The molecule has 0 aliphatic heterocycles. The maximum Gasteiger partial charge on any atom is 0.343 e. The second-order valence-electron chi connectivity index (χ2n) is 6.04. The van der Waals surface area contributed by atoms with Gasteiger partial charge in [-0.2, -0.15) is 0 Å². The molecule has 0 fully saturated rings. The lowest BCUT2D eigenvalue weighted by atomic mass is 10.1. The minimum atomic E-state index is -0.471. The topological polar surface area (TPSA) is 57.7 Å². The van der Waals surface area contributed by atoms with Crippen LogP contribution in [0.4, 0.5) is 0 Å². The molecule has 5 heteroatoms. The van der Waals surface area contributed by atoms with Crippen molar-refractivity contribution in [2.45, 2.75) is 13.5 Å². The molecule has 2 aromatic carbocycles. The molecular formula is C22H21NO4. The highest BCUT2D eigenvalue weighted by Crippen LogP contribution is 2.25. The van der Waals surface area contributed by atoms with Gasteiger partial charge in [0.1, 0.15) is 17.9 Å². The summed E-state index contributed by atoms with van der Waals surface area (Å²) >= 11 is 0. The highest BCUT2D eigenvalue weighted by molar-refractivity contribution is 5.92. The Morgan fingerprint density at radius 3 is 2.22 bits per heavy atom. The molecule has 0 amide bonds. The zero-order valence-corrected chi connectivity index (χ0v) is 15.6. The summed E-state index contributed by atoms with van der Waals surface area (Å²) in [7, 11) is 3.10. The molecule has 0 N–H and O–H groups in total. The third-order valence-electron chi connectivity index (χ3n) is 4.15. The quantitative estimate of drug-likeness (QED) is 0.606. The summed E-state index contributed by atoms with van der Waals surface area (Å²) in [6.07, 6.45) is 0. The number of ether oxygens (including phenoxy) is 3. The number of aromatic nitrogens is 1. The highest BCUT2D eigenvalue weighted by atomic mass is 16.5. The van der Waals surface area contributed by atoms with Crippen LogP contribution in [0, 0.1) is 6.92 Å². The van der Waals surface area contributed by atoms with Crippen LogP contribution in [0.15, 0.2) is 60.7 Å². The number of carbonyl (C=O) groups is 1. The zero-order valence-electron chi connectivity index (χ0n) is 15.6. The molecule has 0 atom stereocenters. The average Bonchev–Trinajstić information content (AvgIpc) is 2.72. The summed E-state index contributed by atoms with van der Waals surface area (Å²) in [5.41, 5.74) is 3.97. The molecule has 0 aliphatic rings. The predicted octanol–water partition coefficient (Wildman–Crippen LogP) is 4.43. The van der Waals surface area contributed by atoms with Gasteiger partial charge in [-0.15, -0.1) is 0 Å². The molecule has 0 unspecified atom stereocenters. The van der Waals surface area contributed by atoms with Crippen LogP contribution >= 0.6 is 0 Å². The molecule has 27 heavy (non-hydrogen) atoms. The molecule has 0 spiro atoms. The first-order valence-corrected chi connectivity index (χ1v) is 8.53. The van der Waals surface area contributed by atoms with Gasteiger partial charge in [-0.1, -0.05) is 29.8 Å². The van der Waals surface area contributed by atoms with Crippen molar-refractivity contribution >= 4 is 5.97 Å². The summed E-state index contributed by atoms with van der Waals surface area (Å²) in [4.78, 5) is 16.9. The second-order valence-corrected chi connectivity index (χ2v) is 6.04. The van der Waals surface area contributed by atoms with Gasteiger partial charge in [0.05, 0.1) is 19.9 Å². The van der Waals surface area contributed by atoms with E-state index >= 15 is 0 Å². The number of nitrogens with zero attached hydrogens (tertiary/aromatic N) is 1. The molecule has 0 aliphatic carbocycles. The molecule has 1 heterocycles. The molecule has 0 radical (unpaired) electrons. The van der Waals surface area contributed by atoms with Crippen molar-refractivity contribution in [3.63, 3.8) is 0 Å². The third-order valence-corrected chi connectivity index (χ3v) is 4.15. The van der Waals surface area contributed by atoms with Crippen molar-refractivity contribution in [1.29, 1.82) is 0 Å². The molecule has 0 bridgehead atoms. The zero-order chi connectivity index (χ0) is 19.2. The Kier molecular flexibility index (Phi) is 5.71. The van der Waals surface area contributed by atoms with E-state index in [0.717, 1.165) is 22.4 Å². The van der Waals surface area contributed by atoms with Crippen LogP contribution in [0.5, 0.6) is 11.6 Å². The minimum absolute atomic E-state index is 0.197. The molecule has 0 saturated carbocycles. The monoisotopic (exact) mass is 363 g/mol. The minimum Gasteiger partial charge on any atom is -0.497 e. The van der Waals surface area contributed by atoms with E-state index in [1.54, 1.807) is 19.2 Å². The molecule has 138 valence electrons. The second kappa shape index (κ2) is 8.36. The Balaban J connectivity index is 1.76. The smallest absolute Gasteiger partial charge is 0.343 e. The van der Waals surface area contributed by atoms with Crippen molar-refractivity contribution in [1.82, 2.24) is 4.98 Å². The maximum absolute atomic E-state index is 12.4. The fraction of sp³-hybridized carbons (Fsp3) is 0.182. The van der Waals surface area contributed by atoms with E-state index in [0.29, 0.717) is 11.3 Å². The van der Waals surface area contributed by atoms with Gasteiger partial charge in [0.2, 0.25) is 5.88 Å². The van der Waals surface area contributed by atoms with Crippen LogP contribution in [0.1, 0.15) is 21.5 Å². The summed E-state index contributed by atoms with van der Waals surface area (Å²) in [5.74, 6) is 0.528. The van der Waals surface area contributed by atoms with Gasteiger partial charge >= 0.3 is 5.97 Å². The van der Waals surface area contributed by atoms with Crippen LogP contribution < -0.4 is 9.47 Å². The van der Waals surface area contributed by atoms with Gasteiger partial charge in [-0.25, -0.2) is 9.78 Å². The van der Waals surface area contributed by atoms with Gasteiger partial charge in [-0.05, 0) is 48.9 Å². The van der Waals surface area contributed by atoms with E-state index < -0.39 is 5.97 Å². The van der Waals surface area contributed by atoms with Gasteiger partial charge in [-0.3, -0.25) is 0 Å². The van der Waals surface area contributed by atoms with Crippen LogP contribution in [-0.4, -0.2) is 25.2 Å². The molecule has 3 aromatic rings. The summed E-state index contributed by atoms with van der Waals surface area (Å²) < 4.78 is 15.9. The first-order chi connectivity index (χ1) is 13.1. The molecule has 3 rings (SSSR count). The SMILES string of the molecule is COc1ccc(-c2ccc(C(=O)OCc3ccc(C)cc3)c(OC)n2)cc1. The lowest BCUT2D eigenvalue weighted by Gasteiger charge is -2.10. The van der Waals surface area contributed by atoms with Crippen LogP contribution in [-0.2, 0) is 11.3 Å². The Bertz CT molecular complexity index is 918. The number of hydrogen-bond donors (Lipinski definition) is 0. The van der Waals surface area contributed by atoms with Gasteiger partial charge < -0.3 is 14.2 Å². The van der Waals surface area contributed by atoms with E-state index in [9.17, 15) is 4.79 Å². The predicted molar refractivity (Wildman–Crippen MR) is 103 cm³/mol. The number of benzene rings is 2. The number of carbonyl (C=O) groups excluding carboxylic acids is 1. The number of hydrogen-bond acceptors (Lipinski definition) is 5. The van der Waals surface area contributed by atoms with E-state index in [-0.39, 0.29) is 12.5 Å². The normalized spacial score (nSPS) is 10.3. The fourth-order valence-corrected chi connectivity index (χ4v) is 2.58.